The molecule has 0 fully saturated rings. The van der Waals surface area contributed by atoms with Crippen molar-refractivity contribution in [1.82, 2.24) is 20.1 Å². The number of hydrogen-bond donors (Lipinski definition) is 2. The number of aryl methyl sites for hydroxylation is 2. The Kier molecular flexibility index (Phi) is 7.24. The van der Waals surface area contributed by atoms with Gasteiger partial charge in [-0.15, -0.1) is 0 Å². The van der Waals surface area contributed by atoms with Gasteiger partial charge in [-0.05, 0) is 69.0 Å². The highest BCUT2D eigenvalue weighted by atomic mass is 32.1. The Morgan fingerprint density at radius 3 is 2.50 bits per heavy atom. The molecule has 0 bridgehead atoms. The van der Waals surface area contributed by atoms with E-state index in [1.165, 1.54) is 5.56 Å². The van der Waals surface area contributed by atoms with Gasteiger partial charge in [0.05, 0.1) is 6.54 Å². The van der Waals surface area contributed by atoms with Crippen molar-refractivity contribution in [3.8, 4) is 0 Å². The summed E-state index contributed by atoms with van der Waals surface area (Å²) in [7, 11) is 4.07. The number of likely N-dealkylation sites (N-methyl/N-ethyl adjacent to an activating group) is 1. The molecule has 0 atom stereocenters. The van der Waals surface area contributed by atoms with E-state index in [2.05, 4.69) is 45.2 Å². The number of nitrogens with zero attached hydrogens (tertiary/aromatic N) is 2. The summed E-state index contributed by atoms with van der Waals surface area (Å²) in [6, 6.07) is 16.3. The minimum atomic E-state index is -0.0618. The SMILES string of the molecule is Cc1cc(C)c2cc(CN(CCN(C)C)C(=S)NCc3ccccc3)c(=O)[nH]c2c1. The van der Waals surface area contributed by atoms with E-state index in [0.29, 0.717) is 18.2 Å². The van der Waals surface area contributed by atoms with E-state index in [-0.39, 0.29) is 5.56 Å². The number of thiocarbonyl (C=S) groups is 1. The minimum absolute atomic E-state index is 0.0618. The number of pyridine rings is 1. The van der Waals surface area contributed by atoms with E-state index in [0.717, 1.165) is 40.7 Å². The van der Waals surface area contributed by atoms with E-state index in [1.54, 1.807) is 0 Å². The number of rotatable bonds is 7. The van der Waals surface area contributed by atoms with Crippen LogP contribution in [0, 0.1) is 13.8 Å². The minimum Gasteiger partial charge on any atom is -0.358 e. The standard InChI is InChI=1S/C24H30N4OS/c1-17-12-18(2)21-14-20(23(29)26-22(21)13-17)16-28(11-10-27(3)4)24(30)25-15-19-8-6-5-7-9-19/h5-9,12-14H,10-11,15-16H2,1-4H3,(H,25,30)(H,26,29). The van der Waals surface area contributed by atoms with Gasteiger partial charge in [0.1, 0.15) is 0 Å². The third-order valence-electron chi connectivity index (χ3n) is 5.14. The Bertz CT molecular complexity index is 1080. The summed E-state index contributed by atoms with van der Waals surface area (Å²) in [5, 5.41) is 5.07. The highest BCUT2D eigenvalue weighted by molar-refractivity contribution is 7.80. The van der Waals surface area contributed by atoms with Crippen molar-refractivity contribution < 1.29 is 0 Å². The molecular weight excluding hydrogens is 392 g/mol. The first-order valence-corrected chi connectivity index (χ1v) is 10.6. The molecule has 0 saturated heterocycles. The fourth-order valence-corrected chi connectivity index (χ4v) is 3.73. The molecule has 2 aromatic carbocycles. The summed E-state index contributed by atoms with van der Waals surface area (Å²) in [5.74, 6) is 0. The van der Waals surface area contributed by atoms with Gasteiger partial charge in [0, 0.05) is 36.1 Å². The maximum atomic E-state index is 12.8. The van der Waals surface area contributed by atoms with Gasteiger partial charge in [-0.1, -0.05) is 36.4 Å². The Hall–Kier alpha value is -2.70. The molecule has 0 aliphatic heterocycles. The molecule has 0 radical (unpaired) electrons. The molecule has 1 heterocycles. The van der Waals surface area contributed by atoms with Gasteiger partial charge in [0.25, 0.3) is 5.56 Å². The van der Waals surface area contributed by atoms with Crippen LogP contribution in [0.4, 0.5) is 0 Å². The van der Waals surface area contributed by atoms with Crippen LogP contribution in [-0.2, 0) is 13.1 Å². The number of fused-ring (bicyclic) bond motifs is 1. The number of hydrogen-bond acceptors (Lipinski definition) is 3. The number of aromatic amines is 1. The Morgan fingerprint density at radius 1 is 1.07 bits per heavy atom. The average molecular weight is 423 g/mol. The van der Waals surface area contributed by atoms with Gasteiger partial charge in [-0.3, -0.25) is 4.79 Å². The van der Waals surface area contributed by atoms with E-state index in [9.17, 15) is 4.79 Å². The fourth-order valence-electron chi connectivity index (χ4n) is 3.50. The predicted octanol–water partition coefficient (Wildman–Crippen LogP) is 3.58. The number of aromatic nitrogens is 1. The summed E-state index contributed by atoms with van der Waals surface area (Å²) in [6.07, 6.45) is 0. The molecular formula is C24H30N4OS. The predicted molar refractivity (Wildman–Crippen MR) is 129 cm³/mol. The fraction of sp³-hybridized carbons (Fsp3) is 0.333. The monoisotopic (exact) mass is 422 g/mol. The van der Waals surface area contributed by atoms with Crippen LogP contribution in [0.3, 0.4) is 0 Å². The molecule has 1 aromatic heterocycles. The van der Waals surface area contributed by atoms with Crippen LogP contribution >= 0.6 is 12.2 Å². The van der Waals surface area contributed by atoms with E-state index in [4.69, 9.17) is 12.2 Å². The first kappa shape index (κ1) is 22.0. The molecule has 3 rings (SSSR count). The summed E-state index contributed by atoms with van der Waals surface area (Å²) in [5.41, 5.74) is 5.01. The van der Waals surface area contributed by atoms with Crippen LogP contribution in [0.15, 0.2) is 53.3 Å². The molecule has 2 N–H and O–H groups in total. The van der Waals surface area contributed by atoms with Crippen LogP contribution in [0.1, 0.15) is 22.3 Å². The molecule has 0 spiro atoms. The zero-order valence-corrected chi connectivity index (χ0v) is 19.0. The van der Waals surface area contributed by atoms with Crippen LogP contribution in [-0.4, -0.2) is 47.1 Å². The van der Waals surface area contributed by atoms with Gasteiger partial charge < -0.3 is 20.1 Å². The largest absolute Gasteiger partial charge is 0.358 e. The quantitative estimate of drug-likeness (QED) is 0.570. The van der Waals surface area contributed by atoms with Crippen molar-refractivity contribution in [3.63, 3.8) is 0 Å². The second-order valence-corrected chi connectivity index (χ2v) is 8.42. The molecule has 0 saturated carbocycles. The Balaban J connectivity index is 1.82. The van der Waals surface area contributed by atoms with Crippen LogP contribution in [0.2, 0.25) is 0 Å². The molecule has 3 aromatic rings. The lowest BCUT2D eigenvalue weighted by atomic mass is 10.0. The highest BCUT2D eigenvalue weighted by Gasteiger charge is 2.14. The molecule has 158 valence electrons. The van der Waals surface area contributed by atoms with E-state index < -0.39 is 0 Å². The smallest absolute Gasteiger partial charge is 0.253 e. The van der Waals surface area contributed by atoms with Gasteiger partial charge in [0.15, 0.2) is 5.11 Å². The molecule has 0 aliphatic rings. The molecule has 5 nitrogen and oxygen atoms in total. The van der Waals surface area contributed by atoms with Gasteiger partial charge in [0.2, 0.25) is 0 Å². The topological polar surface area (TPSA) is 51.4 Å². The first-order chi connectivity index (χ1) is 14.3. The molecule has 0 aliphatic carbocycles. The zero-order chi connectivity index (χ0) is 21.7. The molecule has 6 heteroatoms. The van der Waals surface area contributed by atoms with Crippen LogP contribution in [0.25, 0.3) is 10.9 Å². The lowest BCUT2D eigenvalue weighted by Crippen LogP contribution is -2.43. The van der Waals surface area contributed by atoms with Crippen molar-refractivity contribution in [1.29, 1.82) is 0 Å². The lowest BCUT2D eigenvalue weighted by Gasteiger charge is -2.27. The van der Waals surface area contributed by atoms with Crippen molar-refractivity contribution in [3.05, 3.63) is 81.1 Å². The Labute approximate surface area is 183 Å². The van der Waals surface area contributed by atoms with Crippen molar-refractivity contribution in [2.75, 3.05) is 27.2 Å². The van der Waals surface area contributed by atoms with E-state index >= 15 is 0 Å². The maximum Gasteiger partial charge on any atom is 0.253 e. The van der Waals surface area contributed by atoms with Crippen LogP contribution < -0.4 is 10.9 Å². The first-order valence-electron chi connectivity index (χ1n) is 10.2. The maximum absolute atomic E-state index is 12.8. The normalized spacial score (nSPS) is 11.1. The van der Waals surface area contributed by atoms with Crippen LogP contribution in [0.5, 0.6) is 0 Å². The average Bonchev–Trinajstić information content (AvgIpc) is 2.70. The van der Waals surface area contributed by atoms with Gasteiger partial charge in [-0.25, -0.2) is 0 Å². The summed E-state index contributed by atoms with van der Waals surface area (Å²) < 4.78 is 0. The third kappa shape index (κ3) is 5.68. The molecule has 30 heavy (non-hydrogen) atoms. The van der Waals surface area contributed by atoms with Crippen molar-refractivity contribution in [2.24, 2.45) is 0 Å². The second kappa shape index (κ2) is 9.87. The van der Waals surface area contributed by atoms with Gasteiger partial charge in [-0.2, -0.15) is 0 Å². The van der Waals surface area contributed by atoms with E-state index in [1.807, 2.05) is 51.4 Å². The Morgan fingerprint density at radius 2 is 1.80 bits per heavy atom. The van der Waals surface area contributed by atoms with Gasteiger partial charge >= 0.3 is 0 Å². The highest BCUT2D eigenvalue weighted by Crippen LogP contribution is 2.19. The molecule has 0 unspecified atom stereocenters. The summed E-state index contributed by atoms with van der Waals surface area (Å²) in [4.78, 5) is 20.0. The second-order valence-electron chi connectivity index (χ2n) is 8.04. The number of H-pyrrole nitrogens is 1. The summed E-state index contributed by atoms with van der Waals surface area (Å²) >= 11 is 5.69. The number of nitrogens with one attached hydrogen (secondary N) is 2. The third-order valence-corrected chi connectivity index (χ3v) is 5.54. The molecule has 0 amide bonds. The zero-order valence-electron chi connectivity index (χ0n) is 18.2. The van der Waals surface area contributed by atoms with Crippen molar-refractivity contribution >= 4 is 28.2 Å². The number of benzene rings is 2. The lowest BCUT2D eigenvalue weighted by molar-refractivity contribution is 0.322. The van der Waals surface area contributed by atoms with Crippen molar-refractivity contribution in [2.45, 2.75) is 26.9 Å². The summed E-state index contributed by atoms with van der Waals surface area (Å²) in [6.45, 7) is 6.82.